The van der Waals surface area contributed by atoms with Crippen LogP contribution in [-0.4, -0.2) is 6.04 Å². The molecule has 0 aliphatic carbocycles. The predicted molar refractivity (Wildman–Crippen MR) is 67.2 cm³/mol. The Hall–Kier alpha value is -0.600. The molecule has 0 spiro atoms. The smallest absolute Gasteiger partial charge is 0.141 e. The van der Waals surface area contributed by atoms with Crippen LogP contribution in [-0.2, 0) is 6.42 Å². The largest absolute Gasteiger partial charge is 0.328 e. The molecule has 0 aromatic heterocycles. The lowest BCUT2D eigenvalue weighted by atomic mass is 10.0. The summed E-state index contributed by atoms with van der Waals surface area (Å²) in [6.07, 6.45) is 5.16. The van der Waals surface area contributed by atoms with Crippen LogP contribution in [0.1, 0.15) is 38.2 Å². The fourth-order valence-corrected chi connectivity index (χ4v) is 1.98. The lowest BCUT2D eigenvalue weighted by Gasteiger charge is -2.09. The lowest BCUT2D eigenvalue weighted by molar-refractivity contribution is 0.539. The molecule has 0 aliphatic heterocycles. The number of nitrogens with two attached hydrogens (primary N) is 1. The first-order valence-electron chi connectivity index (χ1n) is 5.83. The molecule has 1 rings (SSSR count). The van der Waals surface area contributed by atoms with E-state index >= 15 is 0 Å². The molecule has 0 amide bonds. The molecule has 0 aliphatic rings. The molecular weight excluding hydrogens is 225 g/mol. The van der Waals surface area contributed by atoms with Gasteiger partial charge in [0, 0.05) is 6.04 Å². The lowest BCUT2D eigenvalue weighted by Crippen LogP contribution is -2.19. The molecule has 1 aromatic carbocycles. The third kappa shape index (κ3) is 4.50. The zero-order valence-corrected chi connectivity index (χ0v) is 10.4. The second-order valence-electron chi connectivity index (χ2n) is 4.19. The first kappa shape index (κ1) is 13.5. The summed E-state index contributed by atoms with van der Waals surface area (Å²) in [7, 11) is 0. The molecule has 0 saturated carbocycles. The summed E-state index contributed by atoms with van der Waals surface area (Å²) >= 11 is 5.71. The van der Waals surface area contributed by atoms with Gasteiger partial charge in [-0.15, -0.1) is 0 Å². The van der Waals surface area contributed by atoms with Crippen LogP contribution in [0.15, 0.2) is 18.2 Å². The van der Waals surface area contributed by atoms with Crippen LogP contribution in [0.4, 0.5) is 4.39 Å². The Morgan fingerprint density at radius 3 is 2.75 bits per heavy atom. The zero-order chi connectivity index (χ0) is 12.0. The van der Waals surface area contributed by atoms with Crippen molar-refractivity contribution < 1.29 is 4.39 Å². The van der Waals surface area contributed by atoms with Crippen LogP contribution in [0.2, 0.25) is 5.02 Å². The van der Waals surface area contributed by atoms with Crippen LogP contribution in [0, 0.1) is 5.82 Å². The maximum absolute atomic E-state index is 12.9. The third-order valence-corrected chi connectivity index (χ3v) is 2.97. The van der Waals surface area contributed by atoms with Crippen molar-refractivity contribution in [1.29, 1.82) is 0 Å². The van der Waals surface area contributed by atoms with Crippen molar-refractivity contribution in [2.24, 2.45) is 5.73 Å². The van der Waals surface area contributed by atoms with Gasteiger partial charge in [0.1, 0.15) is 5.82 Å². The van der Waals surface area contributed by atoms with E-state index in [2.05, 4.69) is 6.92 Å². The van der Waals surface area contributed by atoms with Crippen molar-refractivity contribution in [2.75, 3.05) is 0 Å². The summed E-state index contributed by atoms with van der Waals surface area (Å²) in [5.41, 5.74) is 7.00. The third-order valence-electron chi connectivity index (χ3n) is 2.68. The topological polar surface area (TPSA) is 26.0 Å². The summed E-state index contributed by atoms with van der Waals surface area (Å²) in [5, 5.41) is 0.204. The Balaban J connectivity index is 2.34. The average molecular weight is 244 g/mol. The highest BCUT2D eigenvalue weighted by Crippen LogP contribution is 2.17. The van der Waals surface area contributed by atoms with Gasteiger partial charge in [-0.2, -0.15) is 0 Å². The van der Waals surface area contributed by atoms with E-state index in [9.17, 15) is 4.39 Å². The Morgan fingerprint density at radius 2 is 2.12 bits per heavy atom. The van der Waals surface area contributed by atoms with E-state index in [1.807, 2.05) is 0 Å². The molecular formula is C13H19ClFN. The van der Waals surface area contributed by atoms with E-state index in [1.54, 1.807) is 12.1 Å². The van der Waals surface area contributed by atoms with Gasteiger partial charge in [-0.1, -0.05) is 31.0 Å². The molecule has 2 N–H and O–H groups in total. The van der Waals surface area contributed by atoms with Crippen molar-refractivity contribution >= 4 is 11.6 Å². The molecule has 0 saturated heterocycles. The van der Waals surface area contributed by atoms with Crippen molar-refractivity contribution in [1.82, 2.24) is 0 Å². The number of benzene rings is 1. The van der Waals surface area contributed by atoms with Gasteiger partial charge in [0.2, 0.25) is 0 Å². The summed E-state index contributed by atoms with van der Waals surface area (Å²) in [6, 6.07) is 5.19. The minimum atomic E-state index is -0.354. The second-order valence-corrected chi connectivity index (χ2v) is 4.60. The number of aryl methyl sites for hydroxylation is 1. The molecule has 0 bridgehead atoms. The van der Waals surface area contributed by atoms with E-state index in [4.69, 9.17) is 17.3 Å². The highest BCUT2D eigenvalue weighted by Gasteiger charge is 2.03. The molecule has 1 nitrogen and oxygen atoms in total. The van der Waals surface area contributed by atoms with E-state index in [0.29, 0.717) is 6.04 Å². The van der Waals surface area contributed by atoms with Gasteiger partial charge >= 0.3 is 0 Å². The maximum Gasteiger partial charge on any atom is 0.141 e. The van der Waals surface area contributed by atoms with Gasteiger partial charge in [0.25, 0.3) is 0 Å². The minimum Gasteiger partial charge on any atom is -0.328 e. The second kappa shape index (κ2) is 6.87. The number of rotatable bonds is 6. The Labute approximate surface area is 102 Å². The van der Waals surface area contributed by atoms with Crippen LogP contribution < -0.4 is 5.73 Å². The summed E-state index contributed by atoms with van der Waals surface area (Å²) in [5.74, 6) is -0.354. The number of halogens is 2. The molecule has 1 atom stereocenters. The van der Waals surface area contributed by atoms with Gasteiger partial charge < -0.3 is 5.73 Å². The quantitative estimate of drug-likeness (QED) is 0.805. The predicted octanol–water partition coefficient (Wildman–Crippen LogP) is 3.93. The van der Waals surface area contributed by atoms with E-state index < -0.39 is 0 Å². The van der Waals surface area contributed by atoms with Crippen molar-refractivity contribution in [3.8, 4) is 0 Å². The van der Waals surface area contributed by atoms with Crippen LogP contribution >= 0.6 is 11.6 Å². The van der Waals surface area contributed by atoms with Gasteiger partial charge in [-0.25, -0.2) is 4.39 Å². The molecule has 0 radical (unpaired) electrons. The van der Waals surface area contributed by atoms with Crippen LogP contribution in [0.3, 0.4) is 0 Å². The van der Waals surface area contributed by atoms with Crippen molar-refractivity contribution in [2.45, 2.75) is 45.1 Å². The van der Waals surface area contributed by atoms with Crippen LogP contribution in [0.25, 0.3) is 0 Å². The standard InChI is InChI=1S/C13H19ClFN/c1-2-4-11(16)6-3-5-10-7-8-13(15)12(14)9-10/h7-9,11H,2-6,16H2,1H3. The summed E-state index contributed by atoms with van der Waals surface area (Å²) in [4.78, 5) is 0. The molecule has 1 unspecified atom stereocenters. The summed E-state index contributed by atoms with van der Waals surface area (Å²) in [6.45, 7) is 2.14. The number of hydrogen-bond donors (Lipinski definition) is 1. The van der Waals surface area contributed by atoms with E-state index in [1.165, 1.54) is 6.07 Å². The fourth-order valence-electron chi connectivity index (χ4n) is 1.78. The summed E-state index contributed by atoms with van der Waals surface area (Å²) < 4.78 is 12.9. The molecule has 3 heteroatoms. The number of hydrogen-bond acceptors (Lipinski definition) is 1. The molecule has 0 heterocycles. The van der Waals surface area contributed by atoms with E-state index in [-0.39, 0.29) is 10.8 Å². The van der Waals surface area contributed by atoms with Gasteiger partial charge in [0.05, 0.1) is 5.02 Å². The first-order valence-corrected chi connectivity index (χ1v) is 6.20. The van der Waals surface area contributed by atoms with Crippen LogP contribution in [0.5, 0.6) is 0 Å². The normalized spacial score (nSPS) is 12.8. The highest BCUT2D eigenvalue weighted by molar-refractivity contribution is 6.30. The Morgan fingerprint density at radius 1 is 1.38 bits per heavy atom. The van der Waals surface area contributed by atoms with Gasteiger partial charge in [0.15, 0.2) is 0 Å². The zero-order valence-electron chi connectivity index (χ0n) is 9.68. The monoisotopic (exact) mass is 243 g/mol. The molecule has 0 fully saturated rings. The average Bonchev–Trinajstić information content (AvgIpc) is 2.24. The molecule has 16 heavy (non-hydrogen) atoms. The first-order chi connectivity index (χ1) is 7.63. The van der Waals surface area contributed by atoms with Crippen molar-refractivity contribution in [3.05, 3.63) is 34.6 Å². The van der Waals surface area contributed by atoms with Gasteiger partial charge in [-0.05, 0) is 43.4 Å². The Kier molecular flexibility index (Phi) is 5.78. The van der Waals surface area contributed by atoms with E-state index in [0.717, 1.165) is 37.7 Å². The molecule has 1 aromatic rings. The van der Waals surface area contributed by atoms with Crippen molar-refractivity contribution in [3.63, 3.8) is 0 Å². The highest BCUT2D eigenvalue weighted by atomic mass is 35.5. The minimum absolute atomic E-state index is 0.204. The van der Waals surface area contributed by atoms with Gasteiger partial charge in [-0.3, -0.25) is 0 Å². The molecule has 90 valence electrons. The SMILES string of the molecule is CCCC(N)CCCc1ccc(F)c(Cl)c1. The maximum atomic E-state index is 12.9. The Bertz CT molecular complexity index is 328. The fraction of sp³-hybridized carbons (Fsp3) is 0.538.